The van der Waals surface area contributed by atoms with E-state index in [1.165, 1.54) is 15.9 Å². The fourth-order valence-electron chi connectivity index (χ4n) is 4.48. The molecule has 9 heteroatoms. The molecule has 0 spiro atoms. The number of nitrogens with zero attached hydrogens (tertiary/aromatic N) is 4. The minimum Gasteiger partial charge on any atom is -0.494 e. The first-order valence-electron chi connectivity index (χ1n) is 12.3. The van der Waals surface area contributed by atoms with Crippen molar-refractivity contribution in [1.29, 1.82) is 0 Å². The number of ether oxygens (including phenoxy) is 1. The van der Waals surface area contributed by atoms with Crippen LogP contribution in [0.25, 0.3) is 21.9 Å². The molecule has 0 atom stereocenters. The van der Waals surface area contributed by atoms with Crippen molar-refractivity contribution in [2.24, 2.45) is 0 Å². The van der Waals surface area contributed by atoms with Crippen LogP contribution in [0.1, 0.15) is 30.0 Å². The molecule has 0 N–H and O–H groups in total. The number of carbonyl (C=O) groups excluding carboxylic acids is 1. The summed E-state index contributed by atoms with van der Waals surface area (Å²) in [7, 11) is 0. The van der Waals surface area contributed by atoms with E-state index in [0.29, 0.717) is 34.0 Å². The standard InChI is InChI=1S/C29H23BrN4O3S/c1-3-14-37-21-11-8-19(9-12-21)26-31-29-34(32-26)28(36)25(38-29)24-22-15-20(30)10-13-23(22)33(27(24)35)16-18-6-4-17(2)5-7-18/h4-13,15H,3,14,16H2,1-2H3/b25-24-. The van der Waals surface area contributed by atoms with Crippen LogP contribution < -0.4 is 19.7 Å². The molecule has 0 fully saturated rings. The number of aryl methyl sites for hydroxylation is 1. The number of hydrogen-bond donors (Lipinski definition) is 0. The summed E-state index contributed by atoms with van der Waals surface area (Å²) in [6.45, 7) is 5.15. The second kappa shape index (κ2) is 9.81. The Balaban J connectivity index is 1.42. The highest BCUT2D eigenvalue weighted by atomic mass is 79.9. The van der Waals surface area contributed by atoms with Crippen molar-refractivity contribution in [3.05, 3.63) is 103 Å². The molecule has 0 bridgehead atoms. The van der Waals surface area contributed by atoms with Gasteiger partial charge < -0.3 is 9.64 Å². The monoisotopic (exact) mass is 586 g/mol. The van der Waals surface area contributed by atoms with Crippen molar-refractivity contribution in [2.75, 3.05) is 11.5 Å². The number of hydrogen-bond acceptors (Lipinski definition) is 6. The molecule has 0 saturated carbocycles. The van der Waals surface area contributed by atoms with Crippen LogP contribution in [0.5, 0.6) is 5.75 Å². The van der Waals surface area contributed by atoms with Gasteiger partial charge in [-0.1, -0.05) is 64.0 Å². The number of carbonyl (C=O) groups is 1. The minimum atomic E-state index is -0.349. The van der Waals surface area contributed by atoms with Crippen LogP contribution in [0.4, 0.5) is 5.69 Å². The van der Waals surface area contributed by atoms with Crippen LogP contribution in [0.15, 0.2) is 76.0 Å². The Morgan fingerprint density at radius 3 is 2.47 bits per heavy atom. The van der Waals surface area contributed by atoms with Gasteiger partial charge in [0.05, 0.1) is 24.4 Å². The number of aromatic nitrogens is 3. The first-order chi connectivity index (χ1) is 18.4. The first-order valence-corrected chi connectivity index (χ1v) is 13.9. The summed E-state index contributed by atoms with van der Waals surface area (Å²) in [4.78, 5) is 34.1. The second-order valence-corrected chi connectivity index (χ2v) is 11.0. The Kier molecular flexibility index (Phi) is 6.33. The summed E-state index contributed by atoms with van der Waals surface area (Å²) < 4.78 is 8.10. The average molecular weight is 587 g/mol. The van der Waals surface area contributed by atoms with Gasteiger partial charge >= 0.3 is 0 Å². The maximum atomic E-state index is 13.8. The molecule has 1 amide bonds. The van der Waals surface area contributed by atoms with Gasteiger partial charge in [0.25, 0.3) is 11.5 Å². The summed E-state index contributed by atoms with van der Waals surface area (Å²) >= 11 is 4.71. The number of rotatable bonds is 6. The van der Waals surface area contributed by atoms with E-state index >= 15 is 0 Å². The van der Waals surface area contributed by atoms with E-state index in [9.17, 15) is 9.59 Å². The Morgan fingerprint density at radius 2 is 1.76 bits per heavy atom. The van der Waals surface area contributed by atoms with Gasteiger partial charge in [-0.15, -0.1) is 5.10 Å². The lowest BCUT2D eigenvalue weighted by Gasteiger charge is -2.17. The van der Waals surface area contributed by atoms with Gasteiger partial charge in [0.2, 0.25) is 4.96 Å². The molecular formula is C29H23BrN4O3S. The van der Waals surface area contributed by atoms with Crippen molar-refractivity contribution in [3.63, 3.8) is 0 Å². The third-order valence-corrected chi connectivity index (χ3v) is 7.93. The summed E-state index contributed by atoms with van der Waals surface area (Å²) in [5.74, 6) is 1.02. The van der Waals surface area contributed by atoms with Gasteiger partial charge in [-0.25, -0.2) is 0 Å². The molecular weight excluding hydrogens is 564 g/mol. The first kappa shape index (κ1) is 24.5. The molecule has 0 aliphatic carbocycles. The van der Waals surface area contributed by atoms with Gasteiger partial charge in [0.15, 0.2) is 5.82 Å². The highest BCUT2D eigenvalue weighted by Crippen LogP contribution is 2.38. The number of amides is 1. The van der Waals surface area contributed by atoms with Crippen LogP contribution in [0, 0.1) is 6.92 Å². The molecule has 3 heterocycles. The third kappa shape index (κ3) is 4.31. The zero-order valence-electron chi connectivity index (χ0n) is 20.8. The van der Waals surface area contributed by atoms with Crippen molar-refractivity contribution < 1.29 is 9.53 Å². The van der Waals surface area contributed by atoms with Crippen molar-refractivity contribution in [1.82, 2.24) is 14.6 Å². The molecule has 6 rings (SSSR count). The van der Waals surface area contributed by atoms with E-state index in [1.54, 1.807) is 4.90 Å². The van der Waals surface area contributed by atoms with E-state index in [0.717, 1.165) is 44.6 Å². The number of thiazole rings is 1. The number of halogens is 1. The molecule has 190 valence electrons. The highest BCUT2D eigenvalue weighted by Gasteiger charge is 2.34. The van der Waals surface area contributed by atoms with Crippen LogP contribution in [-0.4, -0.2) is 27.1 Å². The molecule has 1 aliphatic heterocycles. The van der Waals surface area contributed by atoms with Gasteiger partial charge in [0.1, 0.15) is 10.3 Å². The molecule has 38 heavy (non-hydrogen) atoms. The van der Waals surface area contributed by atoms with Gasteiger partial charge in [-0.2, -0.15) is 9.50 Å². The van der Waals surface area contributed by atoms with Gasteiger partial charge in [0, 0.05) is 15.6 Å². The molecule has 0 unspecified atom stereocenters. The fourth-order valence-corrected chi connectivity index (χ4v) is 5.84. The van der Waals surface area contributed by atoms with Crippen LogP contribution in [-0.2, 0) is 11.3 Å². The van der Waals surface area contributed by atoms with Crippen LogP contribution in [0.2, 0.25) is 0 Å². The molecule has 2 aromatic heterocycles. The van der Waals surface area contributed by atoms with Crippen molar-refractivity contribution in [2.45, 2.75) is 26.8 Å². The molecule has 3 aromatic carbocycles. The Bertz CT molecular complexity index is 1790. The quantitative estimate of drug-likeness (QED) is 0.275. The number of benzene rings is 3. The van der Waals surface area contributed by atoms with Crippen LogP contribution in [0.3, 0.4) is 0 Å². The molecule has 0 saturated heterocycles. The van der Waals surface area contributed by atoms with E-state index in [-0.39, 0.29) is 11.5 Å². The largest absolute Gasteiger partial charge is 0.494 e. The number of fused-ring (bicyclic) bond motifs is 2. The molecule has 5 aromatic rings. The average Bonchev–Trinajstić information content (AvgIpc) is 3.55. The Hall–Kier alpha value is -3.82. The lowest BCUT2D eigenvalue weighted by atomic mass is 10.1. The van der Waals surface area contributed by atoms with Gasteiger partial charge in [-0.05, 0) is 61.4 Å². The number of anilines is 1. The fraction of sp³-hybridized carbons (Fsp3) is 0.172. The minimum absolute atomic E-state index is 0.205. The Morgan fingerprint density at radius 1 is 1.00 bits per heavy atom. The molecule has 0 radical (unpaired) electrons. The lowest BCUT2D eigenvalue weighted by molar-refractivity contribution is -0.113. The van der Waals surface area contributed by atoms with E-state index < -0.39 is 0 Å². The zero-order chi connectivity index (χ0) is 26.4. The second-order valence-electron chi connectivity index (χ2n) is 9.15. The molecule has 1 aliphatic rings. The Labute approximate surface area is 231 Å². The normalized spacial score (nSPS) is 14.4. The summed E-state index contributed by atoms with van der Waals surface area (Å²) in [5.41, 5.74) is 4.49. The van der Waals surface area contributed by atoms with E-state index in [2.05, 4.69) is 32.9 Å². The summed E-state index contributed by atoms with van der Waals surface area (Å²) in [5, 5.41) is 4.48. The maximum Gasteiger partial charge on any atom is 0.291 e. The predicted molar refractivity (Wildman–Crippen MR) is 153 cm³/mol. The predicted octanol–water partition coefficient (Wildman–Crippen LogP) is 5.14. The van der Waals surface area contributed by atoms with Crippen molar-refractivity contribution >= 4 is 49.4 Å². The summed E-state index contributed by atoms with van der Waals surface area (Å²) in [6.07, 6.45) is 0.932. The SMILES string of the molecule is CCCOc1ccc(-c2nc3s/c(=C4\C(=O)N(Cc5ccc(C)cc5)c5ccc(Br)cc54)c(=O)n3n2)cc1. The topological polar surface area (TPSA) is 76.8 Å². The van der Waals surface area contributed by atoms with Crippen LogP contribution >= 0.6 is 27.3 Å². The molecule has 7 nitrogen and oxygen atoms in total. The maximum absolute atomic E-state index is 13.8. The summed E-state index contributed by atoms with van der Waals surface area (Å²) in [6, 6.07) is 21.3. The zero-order valence-corrected chi connectivity index (χ0v) is 23.2. The highest BCUT2D eigenvalue weighted by molar-refractivity contribution is 9.10. The van der Waals surface area contributed by atoms with E-state index in [1.807, 2.05) is 73.7 Å². The van der Waals surface area contributed by atoms with Crippen molar-refractivity contribution in [3.8, 4) is 17.1 Å². The lowest BCUT2D eigenvalue weighted by Crippen LogP contribution is -2.32. The van der Waals surface area contributed by atoms with Gasteiger partial charge in [-0.3, -0.25) is 9.59 Å². The smallest absolute Gasteiger partial charge is 0.291 e. The third-order valence-electron chi connectivity index (χ3n) is 6.41. The van der Waals surface area contributed by atoms with E-state index in [4.69, 9.17) is 4.74 Å².